The van der Waals surface area contributed by atoms with Crippen molar-refractivity contribution in [3.63, 3.8) is 0 Å². The normalized spacial score (nSPS) is 18.7. The molecule has 2 N–H and O–H groups in total. The van der Waals surface area contributed by atoms with Gasteiger partial charge in [0.05, 0.1) is 12.4 Å². The first kappa shape index (κ1) is 22.2. The highest BCUT2D eigenvalue weighted by Gasteiger charge is 2.29. The maximum absolute atomic E-state index is 12.2. The second-order valence-electron chi connectivity index (χ2n) is 7.33. The van der Waals surface area contributed by atoms with E-state index in [-0.39, 0.29) is 17.7 Å². The molecule has 3 amide bonds. The lowest BCUT2D eigenvalue weighted by Crippen LogP contribution is -2.41. The van der Waals surface area contributed by atoms with E-state index in [1.165, 1.54) is 18.2 Å². The van der Waals surface area contributed by atoms with E-state index < -0.39 is 6.03 Å². The molecule has 0 bridgehead atoms. The molecule has 1 saturated carbocycles. The van der Waals surface area contributed by atoms with Crippen molar-refractivity contribution >= 4 is 23.7 Å². The van der Waals surface area contributed by atoms with Crippen LogP contribution in [0.15, 0.2) is 29.7 Å². The summed E-state index contributed by atoms with van der Waals surface area (Å²) in [5.74, 6) is 0.945. The zero-order valence-corrected chi connectivity index (χ0v) is 18.2. The molecule has 2 aromatic rings. The van der Waals surface area contributed by atoms with Crippen molar-refractivity contribution in [2.24, 2.45) is 5.92 Å². The van der Waals surface area contributed by atoms with E-state index in [1.807, 2.05) is 12.1 Å². The zero-order valence-electron chi connectivity index (χ0n) is 17.3. The first-order valence-electron chi connectivity index (χ1n) is 10.1. The summed E-state index contributed by atoms with van der Waals surface area (Å²) in [6, 6.07) is 3.58. The first-order chi connectivity index (χ1) is 14.6. The van der Waals surface area contributed by atoms with Crippen LogP contribution in [0.2, 0.25) is 0 Å². The van der Waals surface area contributed by atoms with Crippen LogP contribution >= 0.6 is 11.8 Å². The Morgan fingerprint density at radius 2 is 2.13 bits per heavy atom. The molecule has 0 unspecified atom stereocenters. The number of carbonyl (C=O) groups is 2. The zero-order chi connectivity index (χ0) is 21.3. The number of urea groups is 1. The summed E-state index contributed by atoms with van der Waals surface area (Å²) in [6.07, 6.45) is 8.09. The van der Waals surface area contributed by atoms with Crippen LogP contribution in [-0.2, 0) is 9.53 Å². The number of thioether (sulfide) groups is 1. The maximum Gasteiger partial charge on any atom is 0.321 e. The molecule has 2 heterocycles. The van der Waals surface area contributed by atoms with Crippen LogP contribution in [0.1, 0.15) is 38.6 Å². The molecule has 0 saturated heterocycles. The number of ether oxygens (including phenoxy) is 1. The minimum absolute atomic E-state index is 0.0734. The molecular formula is C20H28N6O3S. The Morgan fingerprint density at radius 3 is 2.87 bits per heavy atom. The summed E-state index contributed by atoms with van der Waals surface area (Å²) in [5.41, 5.74) is 0.900. The van der Waals surface area contributed by atoms with Crippen molar-refractivity contribution in [1.82, 2.24) is 30.4 Å². The molecule has 10 heteroatoms. The first-order valence-corrected chi connectivity index (χ1v) is 11.1. The quantitative estimate of drug-likeness (QED) is 0.487. The molecule has 2 aromatic heterocycles. The number of carbonyl (C=O) groups excluding carboxylic acids is 2. The Kier molecular flexibility index (Phi) is 8.21. The lowest BCUT2D eigenvalue weighted by molar-refractivity contribution is -0.117. The van der Waals surface area contributed by atoms with Gasteiger partial charge in [0.15, 0.2) is 11.0 Å². The van der Waals surface area contributed by atoms with Crippen LogP contribution in [0, 0.1) is 5.92 Å². The van der Waals surface area contributed by atoms with Crippen molar-refractivity contribution in [2.75, 3.05) is 26.0 Å². The van der Waals surface area contributed by atoms with Gasteiger partial charge >= 0.3 is 6.03 Å². The molecule has 1 fully saturated rings. The SMILES string of the molecule is COCCNC(=O)NC(=O)CSc1nnc(-c2cccnc2)n1[C@@H]1CCCC[C@H]1C. The van der Waals surface area contributed by atoms with Gasteiger partial charge in [0.1, 0.15) is 0 Å². The van der Waals surface area contributed by atoms with Crippen molar-refractivity contribution in [3.05, 3.63) is 24.5 Å². The number of hydrogen-bond acceptors (Lipinski definition) is 7. The van der Waals surface area contributed by atoms with E-state index >= 15 is 0 Å². The summed E-state index contributed by atoms with van der Waals surface area (Å²) < 4.78 is 7.02. The minimum atomic E-state index is -0.531. The maximum atomic E-state index is 12.2. The van der Waals surface area contributed by atoms with E-state index in [1.54, 1.807) is 19.5 Å². The standard InChI is InChI=1S/C20H28N6O3S/c1-14-6-3-4-8-16(14)26-18(15-7-5-9-21-12-15)24-25-20(26)30-13-17(27)23-19(28)22-10-11-29-2/h5,7,9,12,14,16H,3-4,6,8,10-11,13H2,1-2H3,(H2,22,23,27,28)/t14-,16-/m1/s1. The van der Waals surface area contributed by atoms with Crippen LogP contribution in [0.25, 0.3) is 11.4 Å². The molecule has 162 valence electrons. The van der Waals surface area contributed by atoms with Crippen LogP contribution in [0.3, 0.4) is 0 Å². The van der Waals surface area contributed by atoms with Gasteiger partial charge in [0.2, 0.25) is 5.91 Å². The van der Waals surface area contributed by atoms with Gasteiger partial charge in [-0.25, -0.2) is 4.79 Å². The second-order valence-corrected chi connectivity index (χ2v) is 8.28. The van der Waals surface area contributed by atoms with Crippen LogP contribution in [0.5, 0.6) is 0 Å². The van der Waals surface area contributed by atoms with Crippen LogP contribution in [-0.4, -0.2) is 57.7 Å². The minimum Gasteiger partial charge on any atom is -0.383 e. The fraction of sp³-hybridized carbons (Fsp3) is 0.550. The van der Waals surface area contributed by atoms with Crippen LogP contribution in [0.4, 0.5) is 4.79 Å². The fourth-order valence-electron chi connectivity index (χ4n) is 3.65. The number of amides is 3. The van der Waals surface area contributed by atoms with Crippen molar-refractivity contribution in [2.45, 2.75) is 43.8 Å². The number of aromatic nitrogens is 4. The highest BCUT2D eigenvalue weighted by molar-refractivity contribution is 7.99. The number of methoxy groups -OCH3 is 1. The third kappa shape index (κ3) is 5.79. The molecule has 30 heavy (non-hydrogen) atoms. The fourth-order valence-corrected chi connectivity index (χ4v) is 4.44. The van der Waals surface area contributed by atoms with Gasteiger partial charge in [0.25, 0.3) is 0 Å². The van der Waals surface area contributed by atoms with Crippen molar-refractivity contribution in [3.8, 4) is 11.4 Å². The van der Waals surface area contributed by atoms with E-state index in [2.05, 4.69) is 37.3 Å². The number of pyridine rings is 1. The van der Waals surface area contributed by atoms with Crippen molar-refractivity contribution < 1.29 is 14.3 Å². The molecule has 0 spiro atoms. The molecule has 0 aromatic carbocycles. The smallest absolute Gasteiger partial charge is 0.321 e. The summed E-state index contributed by atoms with van der Waals surface area (Å²) in [4.78, 5) is 28.1. The van der Waals surface area contributed by atoms with E-state index in [9.17, 15) is 9.59 Å². The summed E-state index contributed by atoms with van der Waals surface area (Å²) in [6.45, 7) is 2.98. The Balaban J connectivity index is 1.72. The number of imide groups is 1. The van der Waals surface area contributed by atoms with Gasteiger partial charge < -0.3 is 10.1 Å². The Morgan fingerprint density at radius 1 is 1.30 bits per heavy atom. The van der Waals surface area contributed by atoms with Gasteiger partial charge in [-0.2, -0.15) is 0 Å². The molecule has 1 aliphatic carbocycles. The Labute approximate surface area is 180 Å². The van der Waals surface area contributed by atoms with Gasteiger partial charge in [-0.3, -0.25) is 19.7 Å². The van der Waals surface area contributed by atoms with Crippen LogP contribution < -0.4 is 10.6 Å². The summed E-state index contributed by atoms with van der Waals surface area (Å²) in [5, 5.41) is 14.3. The molecule has 1 aliphatic rings. The Hall–Kier alpha value is -2.46. The average Bonchev–Trinajstić information content (AvgIpc) is 3.17. The van der Waals surface area contributed by atoms with Gasteiger partial charge in [0, 0.05) is 37.7 Å². The number of nitrogens with one attached hydrogen (secondary N) is 2. The molecule has 3 rings (SSSR count). The molecule has 2 atom stereocenters. The summed E-state index contributed by atoms with van der Waals surface area (Å²) >= 11 is 1.29. The third-order valence-electron chi connectivity index (χ3n) is 5.16. The number of rotatable bonds is 8. The predicted molar refractivity (Wildman–Crippen MR) is 114 cm³/mol. The van der Waals surface area contributed by atoms with Crippen molar-refractivity contribution in [1.29, 1.82) is 0 Å². The molecule has 0 aliphatic heterocycles. The summed E-state index contributed by atoms with van der Waals surface area (Å²) in [7, 11) is 1.55. The lowest BCUT2D eigenvalue weighted by atomic mass is 9.85. The van der Waals surface area contributed by atoms with Gasteiger partial charge in [-0.15, -0.1) is 10.2 Å². The average molecular weight is 433 g/mol. The second kappa shape index (κ2) is 11.1. The molecule has 9 nitrogen and oxygen atoms in total. The third-order valence-corrected chi connectivity index (χ3v) is 6.10. The molecular weight excluding hydrogens is 404 g/mol. The van der Waals surface area contributed by atoms with E-state index in [0.717, 1.165) is 30.7 Å². The predicted octanol–water partition coefficient (Wildman–Crippen LogP) is 2.66. The monoisotopic (exact) mass is 432 g/mol. The lowest BCUT2D eigenvalue weighted by Gasteiger charge is -2.31. The highest BCUT2D eigenvalue weighted by atomic mass is 32.2. The number of nitrogens with zero attached hydrogens (tertiary/aromatic N) is 4. The van der Waals surface area contributed by atoms with E-state index in [4.69, 9.17) is 4.74 Å². The largest absolute Gasteiger partial charge is 0.383 e. The highest BCUT2D eigenvalue weighted by Crippen LogP contribution is 2.38. The van der Waals surface area contributed by atoms with Gasteiger partial charge in [-0.1, -0.05) is 31.5 Å². The van der Waals surface area contributed by atoms with E-state index in [0.29, 0.717) is 24.2 Å². The Bertz CT molecular complexity index is 844. The number of hydrogen-bond donors (Lipinski definition) is 2. The molecule has 0 radical (unpaired) electrons. The van der Waals surface area contributed by atoms with Gasteiger partial charge in [-0.05, 0) is 30.9 Å². The topological polar surface area (TPSA) is 111 Å².